The van der Waals surface area contributed by atoms with Crippen LogP contribution in [0.3, 0.4) is 0 Å². The highest BCUT2D eigenvalue weighted by Crippen LogP contribution is 2.28. The molecule has 1 heterocycles. The van der Waals surface area contributed by atoms with Crippen LogP contribution in [0.25, 0.3) is 6.08 Å². The maximum atomic E-state index is 13.7. The van der Waals surface area contributed by atoms with Gasteiger partial charge in [0, 0.05) is 3.57 Å². The number of carbonyl (C=O) groups is 3. The first-order valence-electron chi connectivity index (χ1n) is 10.4. The predicted octanol–water partition coefficient (Wildman–Crippen LogP) is 5.30. The SMILES string of the molecule is O=C(CN1C(=O)N/C(=C/c2ccc(OCc3ccc(I)cc3)c(Br)c2)C1=O)Nc1ccccc1F. The molecule has 1 aliphatic rings. The first kappa shape index (κ1) is 24.9. The van der Waals surface area contributed by atoms with E-state index in [1.807, 2.05) is 24.3 Å². The van der Waals surface area contributed by atoms with Gasteiger partial charge in [0.1, 0.15) is 30.4 Å². The van der Waals surface area contributed by atoms with Crippen molar-refractivity contribution in [3.63, 3.8) is 0 Å². The van der Waals surface area contributed by atoms with E-state index < -0.39 is 30.2 Å². The van der Waals surface area contributed by atoms with Crippen molar-refractivity contribution >= 4 is 68.1 Å². The van der Waals surface area contributed by atoms with Gasteiger partial charge in [0.2, 0.25) is 5.91 Å². The zero-order chi connectivity index (χ0) is 24.9. The molecule has 1 aliphatic heterocycles. The third-order valence-electron chi connectivity index (χ3n) is 4.99. The molecule has 0 saturated carbocycles. The number of imide groups is 1. The van der Waals surface area contributed by atoms with Gasteiger partial charge in [-0.2, -0.15) is 0 Å². The van der Waals surface area contributed by atoms with Crippen molar-refractivity contribution in [3.8, 4) is 5.75 Å². The van der Waals surface area contributed by atoms with Gasteiger partial charge < -0.3 is 15.4 Å². The van der Waals surface area contributed by atoms with Crippen molar-refractivity contribution in [2.45, 2.75) is 6.61 Å². The summed E-state index contributed by atoms with van der Waals surface area (Å²) in [7, 11) is 0. The van der Waals surface area contributed by atoms with Gasteiger partial charge in [-0.1, -0.05) is 30.3 Å². The predicted molar refractivity (Wildman–Crippen MR) is 141 cm³/mol. The standard InChI is InChI=1S/C25H18BrFIN3O4/c26-18-11-16(7-10-22(18)35-14-15-5-8-17(28)9-6-15)12-21-24(33)31(25(34)30-21)13-23(32)29-20-4-2-1-3-19(20)27/h1-12H,13-14H2,(H,29,32)(H,30,34)/b21-12+. The van der Waals surface area contributed by atoms with Crippen molar-refractivity contribution < 1.29 is 23.5 Å². The number of urea groups is 1. The van der Waals surface area contributed by atoms with Crippen LogP contribution in [0.1, 0.15) is 11.1 Å². The molecule has 1 fully saturated rings. The molecule has 3 aromatic carbocycles. The molecule has 7 nitrogen and oxygen atoms in total. The average molecular weight is 650 g/mol. The second kappa shape index (κ2) is 11.0. The molecule has 0 aromatic heterocycles. The monoisotopic (exact) mass is 649 g/mol. The van der Waals surface area contributed by atoms with E-state index in [1.165, 1.54) is 24.3 Å². The highest BCUT2D eigenvalue weighted by atomic mass is 127. The molecule has 0 atom stereocenters. The summed E-state index contributed by atoms with van der Waals surface area (Å²) in [6.07, 6.45) is 1.50. The summed E-state index contributed by atoms with van der Waals surface area (Å²) in [5.74, 6) is -1.35. The smallest absolute Gasteiger partial charge is 0.329 e. The largest absolute Gasteiger partial charge is 0.488 e. The first-order chi connectivity index (χ1) is 16.8. The van der Waals surface area contributed by atoms with Crippen molar-refractivity contribution in [2.75, 3.05) is 11.9 Å². The van der Waals surface area contributed by atoms with Crippen LogP contribution < -0.4 is 15.4 Å². The molecule has 0 radical (unpaired) electrons. The molecular weight excluding hydrogens is 632 g/mol. The number of nitrogens with one attached hydrogen (secondary N) is 2. The molecule has 35 heavy (non-hydrogen) atoms. The molecule has 2 N–H and O–H groups in total. The number of nitrogens with zero attached hydrogens (tertiary/aromatic N) is 1. The number of hydrogen-bond acceptors (Lipinski definition) is 4. The van der Waals surface area contributed by atoms with Crippen molar-refractivity contribution in [2.24, 2.45) is 0 Å². The van der Waals surface area contributed by atoms with E-state index in [0.29, 0.717) is 22.4 Å². The highest BCUT2D eigenvalue weighted by molar-refractivity contribution is 14.1. The lowest BCUT2D eigenvalue weighted by Crippen LogP contribution is -2.38. The maximum absolute atomic E-state index is 13.7. The molecule has 178 valence electrons. The molecule has 0 bridgehead atoms. The summed E-state index contributed by atoms with van der Waals surface area (Å²) in [4.78, 5) is 38.0. The fraction of sp³-hybridized carbons (Fsp3) is 0.0800. The van der Waals surface area contributed by atoms with Crippen molar-refractivity contribution in [3.05, 3.63) is 97.4 Å². The number of anilines is 1. The number of carbonyl (C=O) groups excluding carboxylic acids is 3. The molecule has 10 heteroatoms. The fourth-order valence-corrected chi connectivity index (χ4v) is 4.11. The Morgan fingerprint density at radius 3 is 2.57 bits per heavy atom. The molecule has 4 amide bonds. The van der Waals surface area contributed by atoms with Gasteiger partial charge in [0.15, 0.2) is 0 Å². The van der Waals surface area contributed by atoms with E-state index in [9.17, 15) is 18.8 Å². The normalized spacial score (nSPS) is 14.3. The van der Waals surface area contributed by atoms with E-state index in [0.717, 1.165) is 14.0 Å². The molecular formula is C25H18BrFIN3O4. The minimum Gasteiger partial charge on any atom is -0.488 e. The lowest BCUT2D eigenvalue weighted by Gasteiger charge is -2.12. The molecule has 0 spiro atoms. The van der Waals surface area contributed by atoms with Crippen LogP contribution in [-0.4, -0.2) is 29.3 Å². The number of hydrogen-bond donors (Lipinski definition) is 2. The minimum atomic E-state index is -0.735. The Balaban J connectivity index is 1.40. The lowest BCUT2D eigenvalue weighted by molar-refractivity contribution is -0.127. The molecule has 4 rings (SSSR count). The Morgan fingerprint density at radius 2 is 1.86 bits per heavy atom. The third-order valence-corrected chi connectivity index (χ3v) is 6.33. The van der Waals surface area contributed by atoms with Gasteiger partial charge in [-0.3, -0.25) is 9.59 Å². The van der Waals surface area contributed by atoms with E-state index >= 15 is 0 Å². The Labute approximate surface area is 222 Å². The lowest BCUT2D eigenvalue weighted by atomic mass is 10.2. The zero-order valence-electron chi connectivity index (χ0n) is 18.1. The van der Waals surface area contributed by atoms with E-state index in [-0.39, 0.29) is 11.4 Å². The Morgan fingerprint density at radius 1 is 1.11 bits per heavy atom. The maximum Gasteiger partial charge on any atom is 0.329 e. The highest BCUT2D eigenvalue weighted by Gasteiger charge is 2.35. The molecule has 3 aromatic rings. The number of rotatable bonds is 7. The second-order valence-electron chi connectivity index (χ2n) is 7.51. The number of para-hydroxylation sites is 1. The summed E-state index contributed by atoms with van der Waals surface area (Å²) < 4.78 is 21.4. The minimum absolute atomic E-state index is 0.0214. The Hall–Kier alpha value is -3.25. The topological polar surface area (TPSA) is 87.7 Å². The van der Waals surface area contributed by atoms with Gasteiger partial charge in [-0.15, -0.1) is 0 Å². The summed E-state index contributed by atoms with van der Waals surface area (Å²) in [5, 5.41) is 4.82. The molecule has 1 saturated heterocycles. The van der Waals surface area contributed by atoms with Gasteiger partial charge in [-0.25, -0.2) is 14.1 Å². The Kier molecular flexibility index (Phi) is 7.81. The summed E-state index contributed by atoms with van der Waals surface area (Å²) in [5.41, 5.74) is 1.66. The van der Waals surface area contributed by atoms with Crippen LogP contribution in [0, 0.1) is 9.39 Å². The third kappa shape index (κ3) is 6.25. The summed E-state index contributed by atoms with van der Waals surface area (Å²) >= 11 is 5.71. The number of halogens is 3. The van der Waals surface area contributed by atoms with Crippen LogP contribution in [0.4, 0.5) is 14.9 Å². The molecule has 0 aliphatic carbocycles. The van der Waals surface area contributed by atoms with Crippen LogP contribution in [0.15, 0.2) is 76.9 Å². The van der Waals surface area contributed by atoms with E-state index in [1.54, 1.807) is 24.3 Å². The van der Waals surface area contributed by atoms with E-state index in [2.05, 4.69) is 49.2 Å². The van der Waals surface area contributed by atoms with Crippen LogP contribution in [-0.2, 0) is 16.2 Å². The average Bonchev–Trinajstić information content (AvgIpc) is 3.08. The number of benzene rings is 3. The Bertz CT molecular complexity index is 1330. The summed E-state index contributed by atoms with van der Waals surface area (Å²) in [6, 6.07) is 18.1. The first-order valence-corrected chi connectivity index (χ1v) is 12.2. The zero-order valence-corrected chi connectivity index (χ0v) is 21.8. The van der Waals surface area contributed by atoms with E-state index in [4.69, 9.17) is 4.74 Å². The van der Waals surface area contributed by atoms with Crippen LogP contribution in [0.2, 0.25) is 0 Å². The van der Waals surface area contributed by atoms with Crippen molar-refractivity contribution in [1.29, 1.82) is 0 Å². The van der Waals surface area contributed by atoms with Crippen LogP contribution in [0.5, 0.6) is 5.75 Å². The quantitative estimate of drug-likeness (QED) is 0.207. The van der Waals surface area contributed by atoms with Crippen LogP contribution >= 0.6 is 38.5 Å². The van der Waals surface area contributed by atoms with Gasteiger partial charge in [-0.05, 0) is 92.1 Å². The van der Waals surface area contributed by atoms with Gasteiger partial charge in [0.05, 0.1) is 10.2 Å². The van der Waals surface area contributed by atoms with Gasteiger partial charge >= 0.3 is 6.03 Å². The fourth-order valence-electron chi connectivity index (χ4n) is 3.24. The van der Waals surface area contributed by atoms with Gasteiger partial charge in [0.25, 0.3) is 5.91 Å². The second-order valence-corrected chi connectivity index (χ2v) is 9.61. The molecule has 0 unspecified atom stereocenters. The number of amides is 4. The number of ether oxygens (including phenoxy) is 1. The summed E-state index contributed by atoms with van der Waals surface area (Å²) in [6.45, 7) is -0.153. The van der Waals surface area contributed by atoms with Crippen molar-refractivity contribution in [1.82, 2.24) is 10.2 Å².